The largest absolute Gasteiger partial charge is 0.493 e. The molecule has 37 heavy (non-hydrogen) atoms. The maximum Gasteiger partial charge on any atom is 0.241 e. The van der Waals surface area contributed by atoms with Gasteiger partial charge in [0, 0.05) is 0 Å². The Hall–Kier alpha value is -4.24. The van der Waals surface area contributed by atoms with Crippen molar-refractivity contribution in [3.63, 3.8) is 0 Å². The van der Waals surface area contributed by atoms with Crippen molar-refractivity contribution in [2.24, 2.45) is 11.8 Å². The second kappa shape index (κ2) is 7.63. The molecule has 4 atom stereocenters. The third kappa shape index (κ3) is 2.66. The minimum atomic E-state index is -1.28. The van der Waals surface area contributed by atoms with E-state index < -0.39 is 23.5 Å². The van der Waals surface area contributed by atoms with Crippen molar-refractivity contribution in [1.82, 2.24) is 0 Å². The number of hydrogen-bond donors (Lipinski definition) is 0. The number of carbonyl (C=O) groups excluding carboxylic acids is 2. The molecule has 0 spiro atoms. The van der Waals surface area contributed by atoms with Crippen LogP contribution in [-0.4, -0.2) is 39.9 Å². The first-order valence-electron chi connectivity index (χ1n) is 11.9. The van der Waals surface area contributed by atoms with E-state index in [0.717, 1.165) is 11.1 Å². The SMILES string of the molecule is COc1cc([C@@]23O[C@@H](c4cc5c(cc42)OCO5)[C@@H]2C(=O)N(c4ccccc4)C(=O)[C@@H]23)cc(OC)c1OC. The highest BCUT2D eigenvalue weighted by molar-refractivity contribution is 6.23. The van der Waals surface area contributed by atoms with E-state index in [-0.39, 0.29) is 18.6 Å². The van der Waals surface area contributed by atoms with Crippen LogP contribution in [0.15, 0.2) is 54.6 Å². The number of ether oxygens (including phenoxy) is 6. The van der Waals surface area contributed by atoms with E-state index in [1.807, 2.05) is 18.2 Å². The predicted octanol–water partition coefficient (Wildman–Crippen LogP) is 3.58. The van der Waals surface area contributed by atoms with E-state index >= 15 is 0 Å². The molecule has 7 rings (SSSR count). The summed E-state index contributed by atoms with van der Waals surface area (Å²) in [5, 5.41) is 0. The first-order valence-corrected chi connectivity index (χ1v) is 11.9. The number of anilines is 1. The molecular weight excluding hydrogens is 478 g/mol. The Bertz CT molecular complexity index is 1450. The minimum absolute atomic E-state index is 0.105. The topological polar surface area (TPSA) is 92.8 Å². The molecule has 9 nitrogen and oxygen atoms in total. The molecule has 4 heterocycles. The maximum absolute atomic E-state index is 14.1. The monoisotopic (exact) mass is 501 g/mol. The molecule has 4 aliphatic rings. The van der Waals surface area contributed by atoms with Crippen molar-refractivity contribution >= 4 is 17.5 Å². The fourth-order valence-electron chi connectivity index (χ4n) is 6.30. The Morgan fingerprint density at radius 2 is 1.54 bits per heavy atom. The van der Waals surface area contributed by atoms with Crippen LogP contribution in [0.25, 0.3) is 0 Å². The van der Waals surface area contributed by atoms with E-state index in [9.17, 15) is 9.59 Å². The van der Waals surface area contributed by atoms with Crippen LogP contribution in [0, 0.1) is 11.8 Å². The van der Waals surface area contributed by atoms with E-state index in [4.69, 9.17) is 28.4 Å². The number of carbonyl (C=O) groups is 2. The Kier molecular flexibility index (Phi) is 4.54. The van der Waals surface area contributed by atoms with Crippen LogP contribution in [0.3, 0.4) is 0 Å². The van der Waals surface area contributed by atoms with Gasteiger partial charge in [0.2, 0.25) is 24.4 Å². The van der Waals surface area contributed by atoms with Crippen LogP contribution >= 0.6 is 0 Å². The normalized spacial score (nSPS) is 26.4. The van der Waals surface area contributed by atoms with Gasteiger partial charge in [0.25, 0.3) is 0 Å². The van der Waals surface area contributed by atoms with Crippen molar-refractivity contribution < 1.29 is 38.0 Å². The van der Waals surface area contributed by atoms with Gasteiger partial charge in [-0.2, -0.15) is 0 Å². The number of methoxy groups -OCH3 is 3. The average Bonchev–Trinajstić information content (AvgIpc) is 3.67. The fraction of sp³-hybridized carbons (Fsp3) is 0.286. The number of rotatable bonds is 5. The number of fused-ring (bicyclic) bond motifs is 9. The average molecular weight is 501 g/mol. The van der Waals surface area contributed by atoms with Crippen molar-refractivity contribution in [3.8, 4) is 28.7 Å². The van der Waals surface area contributed by atoms with Gasteiger partial charge < -0.3 is 28.4 Å². The molecule has 4 aliphatic heterocycles. The van der Waals surface area contributed by atoms with Crippen molar-refractivity contribution in [3.05, 3.63) is 71.3 Å². The molecule has 2 saturated heterocycles. The molecule has 2 amide bonds. The van der Waals surface area contributed by atoms with Gasteiger partial charge in [-0.25, -0.2) is 4.90 Å². The highest BCUT2D eigenvalue weighted by atomic mass is 16.7. The van der Waals surface area contributed by atoms with Gasteiger partial charge in [0.1, 0.15) is 5.60 Å². The van der Waals surface area contributed by atoms with Crippen LogP contribution < -0.4 is 28.6 Å². The molecule has 0 aromatic heterocycles. The molecule has 0 aliphatic carbocycles. The van der Waals surface area contributed by atoms with E-state index in [1.54, 1.807) is 36.4 Å². The lowest BCUT2D eigenvalue weighted by Gasteiger charge is -2.34. The summed E-state index contributed by atoms with van der Waals surface area (Å²) in [6, 6.07) is 16.3. The maximum atomic E-state index is 14.1. The molecule has 0 saturated carbocycles. The second-order valence-electron chi connectivity index (χ2n) is 9.33. The second-order valence-corrected chi connectivity index (χ2v) is 9.33. The Morgan fingerprint density at radius 1 is 0.865 bits per heavy atom. The van der Waals surface area contributed by atoms with Gasteiger partial charge in [0.15, 0.2) is 23.0 Å². The standard InChI is InChI=1S/C28H23NO8/c1-32-20-9-14(10-21(33-2)25(20)34-3)28-17-12-19-18(35-13-36-19)11-16(17)24(37-28)22-23(28)27(31)29(26(22)30)15-7-5-4-6-8-15/h4-12,22-24H,13H2,1-3H3/t22-,23-,24+,28-/m1/s1. The van der Waals surface area contributed by atoms with E-state index in [2.05, 4.69) is 0 Å². The Labute approximate surface area is 212 Å². The lowest BCUT2D eigenvalue weighted by atomic mass is 9.66. The molecule has 0 unspecified atom stereocenters. The zero-order valence-corrected chi connectivity index (χ0v) is 20.3. The van der Waals surface area contributed by atoms with Crippen LogP contribution in [0.5, 0.6) is 28.7 Å². The third-order valence-corrected chi connectivity index (χ3v) is 7.79. The smallest absolute Gasteiger partial charge is 0.241 e. The lowest BCUT2D eigenvalue weighted by molar-refractivity contribution is -0.127. The number of hydrogen-bond acceptors (Lipinski definition) is 8. The zero-order valence-electron chi connectivity index (χ0n) is 20.3. The van der Waals surface area contributed by atoms with Crippen LogP contribution in [0.2, 0.25) is 0 Å². The summed E-state index contributed by atoms with van der Waals surface area (Å²) in [5.41, 5.74) is 1.43. The van der Waals surface area contributed by atoms with Gasteiger partial charge in [-0.1, -0.05) is 18.2 Å². The molecule has 0 N–H and O–H groups in total. The van der Waals surface area contributed by atoms with Crippen LogP contribution in [0.4, 0.5) is 5.69 Å². The summed E-state index contributed by atoms with van der Waals surface area (Å²) in [5.74, 6) is 0.282. The minimum Gasteiger partial charge on any atom is -0.493 e. The highest BCUT2D eigenvalue weighted by Gasteiger charge is 2.72. The lowest BCUT2D eigenvalue weighted by Crippen LogP contribution is -2.41. The van der Waals surface area contributed by atoms with Gasteiger partial charge >= 0.3 is 0 Å². The fourth-order valence-corrected chi connectivity index (χ4v) is 6.30. The summed E-state index contributed by atoms with van der Waals surface area (Å²) < 4.78 is 34.8. The molecule has 0 radical (unpaired) electrons. The summed E-state index contributed by atoms with van der Waals surface area (Å²) >= 11 is 0. The number of nitrogens with zero attached hydrogens (tertiary/aromatic N) is 1. The van der Waals surface area contributed by atoms with Crippen molar-refractivity contribution in [2.45, 2.75) is 11.7 Å². The number of benzene rings is 3. The number of amides is 2. The molecule has 2 fully saturated rings. The summed E-state index contributed by atoms with van der Waals surface area (Å²) in [6.07, 6.45) is -0.640. The molecule has 9 heteroatoms. The summed E-state index contributed by atoms with van der Waals surface area (Å²) in [4.78, 5) is 29.3. The van der Waals surface area contributed by atoms with Gasteiger partial charge in [-0.3, -0.25) is 9.59 Å². The van der Waals surface area contributed by atoms with Gasteiger partial charge in [-0.15, -0.1) is 0 Å². The molecular formula is C28H23NO8. The molecule has 3 aromatic rings. The Morgan fingerprint density at radius 3 is 2.19 bits per heavy atom. The van der Waals surface area contributed by atoms with E-state index in [0.29, 0.717) is 40.0 Å². The van der Waals surface area contributed by atoms with Gasteiger partial charge in [0.05, 0.1) is 45.0 Å². The molecule has 2 bridgehead atoms. The quantitative estimate of drug-likeness (QED) is 0.490. The first kappa shape index (κ1) is 22.0. The molecule has 188 valence electrons. The van der Waals surface area contributed by atoms with Crippen molar-refractivity contribution in [1.29, 1.82) is 0 Å². The summed E-state index contributed by atoms with van der Waals surface area (Å²) in [6.45, 7) is 0.105. The molecule has 3 aromatic carbocycles. The van der Waals surface area contributed by atoms with Crippen molar-refractivity contribution in [2.75, 3.05) is 33.0 Å². The summed E-state index contributed by atoms with van der Waals surface area (Å²) in [7, 11) is 4.59. The van der Waals surface area contributed by atoms with E-state index in [1.165, 1.54) is 26.2 Å². The van der Waals surface area contributed by atoms with Gasteiger partial charge in [-0.05, 0) is 53.1 Å². The number of para-hydroxylation sites is 1. The first-order chi connectivity index (χ1) is 18.0. The third-order valence-electron chi connectivity index (χ3n) is 7.79. The Balaban J connectivity index is 1.49. The van der Waals surface area contributed by atoms with Crippen LogP contribution in [0.1, 0.15) is 22.8 Å². The van der Waals surface area contributed by atoms with Crippen LogP contribution in [-0.2, 0) is 19.9 Å². The predicted molar refractivity (Wildman–Crippen MR) is 129 cm³/mol. The number of imide groups is 1. The highest BCUT2D eigenvalue weighted by Crippen LogP contribution is 2.68. The zero-order chi connectivity index (χ0) is 25.5.